The van der Waals surface area contributed by atoms with Gasteiger partial charge in [0, 0.05) is 25.5 Å². The predicted molar refractivity (Wildman–Crippen MR) is 181 cm³/mol. The number of ether oxygens (including phenoxy) is 2. The highest BCUT2D eigenvalue weighted by Gasteiger charge is 2.56. The van der Waals surface area contributed by atoms with Crippen LogP contribution in [0.5, 0.6) is 5.75 Å². The van der Waals surface area contributed by atoms with Crippen molar-refractivity contribution in [2.75, 3.05) is 20.2 Å². The highest BCUT2D eigenvalue weighted by Crippen LogP contribution is 2.41. The summed E-state index contributed by atoms with van der Waals surface area (Å²) in [6.07, 6.45) is 0.240. The van der Waals surface area contributed by atoms with E-state index in [9.17, 15) is 24.0 Å². The Morgan fingerprint density at radius 2 is 1.77 bits per heavy atom. The van der Waals surface area contributed by atoms with Crippen molar-refractivity contribution >= 4 is 46.9 Å². The largest absolute Gasteiger partial charge is 0.492 e. The zero-order chi connectivity index (χ0) is 36.2. The molecule has 3 N–H and O–H groups in total. The predicted octanol–water partition coefficient (Wildman–Crippen LogP) is 4.05. The fourth-order valence-electron chi connectivity index (χ4n) is 5.86. The van der Waals surface area contributed by atoms with E-state index in [4.69, 9.17) is 25.9 Å². The molecule has 14 heteroatoms. The summed E-state index contributed by atoms with van der Waals surface area (Å²) in [5.74, 6) is -2.21. The van der Waals surface area contributed by atoms with Crippen LogP contribution in [0.4, 0.5) is 4.79 Å². The summed E-state index contributed by atoms with van der Waals surface area (Å²) in [7, 11) is 1.34. The minimum atomic E-state index is -1.11. The molecular weight excluding hydrogens is 642 g/mol. The van der Waals surface area contributed by atoms with Gasteiger partial charge in [-0.3, -0.25) is 19.2 Å². The van der Waals surface area contributed by atoms with Gasteiger partial charge >= 0.3 is 6.09 Å². The molecule has 1 spiro atoms. The molecule has 4 atom stereocenters. The SMILES string of the molecule is CCC[C@H](NC(=O)[C@@H]1C[C@]2(CC(c3cc(C)c(OCC)c(Cl)c3)=NO2)CN1C(=O)[C@@H](NC(=O)OC(C)(C)C)C(C)(C)C)C(=O)C(=O)NC. The Morgan fingerprint density at radius 3 is 2.31 bits per heavy atom. The number of amides is 4. The van der Waals surface area contributed by atoms with E-state index >= 15 is 0 Å². The number of Topliss-reactive ketones (excluding diaryl/α,β-unsaturated/α-hetero) is 1. The van der Waals surface area contributed by atoms with Crippen molar-refractivity contribution in [1.82, 2.24) is 20.9 Å². The number of oxime groups is 1. The molecule has 1 aromatic carbocycles. The Labute approximate surface area is 287 Å². The lowest BCUT2D eigenvalue weighted by Crippen LogP contribution is -2.59. The lowest BCUT2D eigenvalue weighted by Gasteiger charge is -2.36. The van der Waals surface area contributed by atoms with E-state index in [1.165, 1.54) is 11.9 Å². The molecule has 3 rings (SSSR count). The number of carbonyl (C=O) groups excluding carboxylic acids is 5. The molecule has 1 saturated heterocycles. The van der Waals surface area contributed by atoms with Crippen molar-refractivity contribution in [2.45, 2.75) is 117 Å². The van der Waals surface area contributed by atoms with Crippen LogP contribution in [-0.2, 0) is 28.8 Å². The van der Waals surface area contributed by atoms with Gasteiger partial charge in [-0.15, -0.1) is 0 Å². The van der Waals surface area contributed by atoms with E-state index in [-0.39, 0.29) is 25.8 Å². The van der Waals surface area contributed by atoms with E-state index in [0.29, 0.717) is 35.1 Å². The first-order valence-electron chi connectivity index (χ1n) is 16.3. The number of likely N-dealkylation sites (tertiary alicyclic amines) is 1. The van der Waals surface area contributed by atoms with E-state index in [1.54, 1.807) is 47.6 Å². The second kappa shape index (κ2) is 15.1. The molecule has 0 bridgehead atoms. The molecule has 4 amide bonds. The molecule has 0 aliphatic carbocycles. The van der Waals surface area contributed by atoms with Crippen LogP contribution in [-0.4, -0.2) is 89.7 Å². The van der Waals surface area contributed by atoms with Crippen molar-refractivity contribution in [3.63, 3.8) is 0 Å². The summed E-state index contributed by atoms with van der Waals surface area (Å²) >= 11 is 6.54. The molecule has 0 saturated carbocycles. The quantitative estimate of drug-likeness (QED) is 0.293. The third-order valence-electron chi connectivity index (χ3n) is 8.11. The number of carbonyl (C=O) groups is 5. The highest BCUT2D eigenvalue weighted by molar-refractivity contribution is 6.38. The van der Waals surface area contributed by atoms with Crippen molar-refractivity contribution < 1.29 is 38.3 Å². The first-order valence-corrected chi connectivity index (χ1v) is 16.7. The maximum atomic E-state index is 14.4. The van der Waals surface area contributed by atoms with Crippen LogP contribution in [0.3, 0.4) is 0 Å². The smallest absolute Gasteiger partial charge is 0.408 e. The lowest BCUT2D eigenvalue weighted by atomic mass is 9.85. The van der Waals surface area contributed by atoms with Crippen LogP contribution in [0.25, 0.3) is 0 Å². The second-order valence-electron chi connectivity index (χ2n) is 14.5. The van der Waals surface area contributed by atoms with Crippen LogP contribution < -0.4 is 20.7 Å². The van der Waals surface area contributed by atoms with Crippen molar-refractivity contribution in [1.29, 1.82) is 0 Å². The van der Waals surface area contributed by atoms with Gasteiger partial charge in [-0.25, -0.2) is 4.79 Å². The molecular formula is C34H50ClN5O8. The van der Waals surface area contributed by atoms with Crippen LogP contribution in [0.1, 0.15) is 92.2 Å². The molecule has 13 nitrogen and oxygen atoms in total. The molecule has 2 aliphatic heterocycles. The molecule has 2 aliphatic rings. The Morgan fingerprint density at radius 1 is 1.10 bits per heavy atom. The van der Waals surface area contributed by atoms with Gasteiger partial charge < -0.3 is 35.2 Å². The number of halogens is 1. The second-order valence-corrected chi connectivity index (χ2v) is 14.9. The maximum Gasteiger partial charge on any atom is 0.408 e. The van der Waals surface area contributed by atoms with Crippen LogP contribution >= 0.6 is 11.6 Å². The van der Waals surface area contributed by atoms with Gasteiger partial charge in [0.15, 0.2) is 5.60 Å². The molecule has 48 heavy (non-hydrogen) atoms. The van der Waals surface area contributed by atoms with Gasteiger partial charge in [-0.05, 0) is 64.2 Å². The first kappa shape index (κ1) is 38.6. The summed E-state index contributed by atoms with van der Waals surface area (Å²) in [6.45, 7) is 16.5. The zero-order valence-electron chi connectivity index (χ0n) is 29.7. The Balaban J connectivity index is 1.98. The molecule has 2 heterocycles. The number of nitrogens with zero attached hydrogens (tertiary/aromatic N) is 2. The summed E-state index contributed by atoms with van der Waals surface area (Å²) < 4.78 is 11.1. The van der Waals surface area contributed by atoms with Crippen molar-refractivity contribution in [3.8, 4) is 5.75 Å². The number of benzene rings is 1. The lowest BCUT2D eigenvalue weighted by molar-refractivity contribution is -0.144. The molecule has 0 aromatic heterocycles. The average Bonchev–Trinajstić information content (AvgIpc) is 3.58. The van der Waals surface area contributed by atoms with Gasteiger partial charge in [0.2, 0.25) is 17.6 Å². The summed E-state index contributed by atoms with van der Waals surface area (Å²) in [5.41, 5.74) is -0.594. The fraction of sp³-hybridized carbons (Fsp3) is 0.647. The van der Waals surface area contributed by atoms with Crippen molar-refractivity contribution in [2.24, 2.45) is 10.6 Å². The van der Waals surface area contributed by atoms with Crippen molar-refractivity contribution in [3.05, 3.63) is 28.3 Å². The van der Waals surface area contributed by atoms with Gasteiger partial charge in [0.25, 0.3) is 5.91 Å². The van der Waals surface area contributed by atoms with Crippen LogP contribution in [0.15, 0.2) is 17.3 Å². The molecule has 0 unspecified atom stereocenters. The number of hydrogen-bond acceptors (Lipinski definition) is 9. The topological polar surface area (TPSA) is 165 Å². The third-order valence-corrected chi connectivity index (χ3v) is 8.39. The van der Waals surface area contributed by atoms with Gasteiger partial charge in [0.05, 0.1) is 29.9 Å². The number of rotatable bonds is 11. The number of alkyl carbamates (subject to hydrolysis) is 1. The molecule has 1 aromatic rings. The fourth-order valence-corrected chi connectivity index (χ4v) is 6.18. The zero-order valence-corrected chi connectivity index (χ0v) is 30.4. The Bertz CT molecular complexity index is 1430. The number of likely N-dealkylation sites (N-methyl/N-ethyl adjacent to an activating group) is 1. The normalized spacial score (nSPS) is 20.4. The number of ketones is 1. The van der Waals surface area contributed by atoms with E-state index in [2.05, 4.69) is 21.1 Å². The maximum absolute atomic E-state index is 14.4. The van der Waals surface area contributed by atoms with Crippen LogP contribution in [0.2, 0.25) is 5.02 Å². The van der Waals surface area contributed by atoms with Crippen LogP contribution in [0, 0.1) is 12.3 Å². The van der Waals surface area contributed by atoms with E-state index in [0.717, 1.165) is 5.56 Å². The third kappa shape index (κ3) is 9.18. The average molecular weight is 692 g/mol. The summed E-state index contributed by atoms with van der Waals surface area (Å²) in [4.78, 5) is 73.8. The Kier molecular flexibility index (Phi) is 12.2. The van der Waals surface area contributed by atoms with Gasteiger partial charge in [-0.2, -0.15) is 0 Å². The minimum Gasteiger partial charge on any atom is -0.492 e. The van der Waals surface area contributed by atoms with E-state index in [1.807, 2.05) is 26.8 Å². The Hall–Kier alpha value is -3.87. The first-order chi connectivity index (χ1) is 22.3. The number of hydrogen-bond donors (Lipinski definition) is 3. The highest BCUT2D eigenvalue weighted by atomic mass is 35.5. The molecule has 266 valence electrons. The summed E-state index contributed by atoms with van der Waals surface area (Å²) in [6, 6.07) is 0.328. The van der Waals surface area contributed by atoms with Gasteiger partial charge in [-0.1, -0.05) is 50.9 Å². The molecule has 0 radical (unpaired) electrons. The summed E-state index contributed by atoms with van der Waals surface area (Å²) in [5, 5.41) is 12.5. The molecule has 1 fully saturated rings. The minimum absolute atomic E-state index is 0.0366. The monoisotopic (exact) mass is 691 g/mol. The number of aryl methyl sites for hydroxylation is 1. The van der Waals surface area contributed by atoms with Gasteiger partial charge in [0.1, 0.15) is 23.4 Å². The number of nitrogens with one attached hydrogen (secondary N) is 3. The van der Waals surface area contributed by atoms with E-state index < -0.39 is 64.3 Å². The standard InChI is InChI=1S/C34H50ClN5O8/c1-11-13-22(25(41)29(43)36-10)37-28(42)24-17-34(16-23(39-48-34)20-14-19(3)26(46-12-2)21(35)15-20)18-40(24)30(44)27(32(4,5)6)38-31(45)47-33(7,8)9/h14-15,22,24,27H,11-13,16-18H2,1-10H3,(H,36,43)(H,37,42)(H,38,45)/t22-,24-,27+,34+/m0/s1.